The summed E-state index contributed by atoms with van der Waals surface area (Å²) >= 11 is 0. The number of ketones is 1. The average molecular weight is 499 g/mol. The lowest BCUT2D eigenvalue weighted by molar-refractivity contribution is -0.119. The van der Waals surface area contributed by atoms with Gasteiger partial charge in [0.15, 0.2) is 12.4 Å². The van der Waals surface area contributed by atoms with E-state index in [1.165, 1.54) is 6.07 Å². The summed E-state index contributed by atoms with van der Waals surface area (Å²) in [6.07, 6.45) is 4.08. The number of nitrogens with one attached hydrogen (secondary N) is 2. The van der Waals surface area contributed by atoms with E-state index in [9.17, 15) is 19.2 Å². The molecule has 0 saturated heterocycles. The molecule has 0 heterocycles. The molecule has 1 saturated carbocycles. The summed E-state index contributed by atoms with van der Waals surface area (Å²) in [6.45, 7) is 3.17. The molecular weight excluding hydrogens is 468 g/mol. The normalized spacial score (nSPS) is 13.1. The van der Waals surface area contributed by atoms with Crippen molar-refractivity contribution < 1.29 is 23.9 Å². The number of rotatable bonds is 8. The van der Waals surface area contributed by atoms with Crippen LogP contribution in [0.5, 0.6) is 0 Å². The molecule has 0 bridgehead atoms. The van der Waals surface area contributed by atoms with Gasteiger partial charge < -0.3 is 15.4 Å². The molecule has 0 unspecified atom stereocenters. The van der Waals surface area contributed by atoms with Crippen LogP contribution in [0.3, 0.4) is 0 Å². The zero-order chi connectivity index (χ0) is 26.4. The Morgan fingerprint density at radius 1 is 0.811 bits per heavy atom. The Kier molecular flexibility index (Phi) is 8.13. The molecule has 2 amide bonds. The van der Waals surface area contributed by atoms with Crippen LogP contribution in [0, 0.1) is 13.8 Å². The Labute approximate surface area is 216 Å². The van der Waals surface area contributed by atoms with Gasteiger partial charge in [0.1, 0.15) is 0 Å². The molecule has 0 atom stereocenters. The van der Waals surface area contributed by atoms with Crippen molar-refractivity contribution in [3.05, 3.63) is 100 Å². The molecule has 7 heteroatoms. The number of esters is 1. The predicted molar refractivity (Wildman–Crippen MR) is 141 cm³/mol. The van der Waals surface area contributed by atoms with Gasteiger partial charge >= 0.3 is 5.97 Å². The van der Waals surface area contributed by atoms with Gasteiger partial charge in [-0.2, -0.15) is 0 Å². The zero-order valence-corrected chi connectivity index (χ0v) is 21.0. The maximum absolute atomic E-state index is 13.2. The number of para-hydroxylation sites is 1. The molecule has 0 aromatic heterocycles. The minimum absolute atomic E-state index is 0.0811. The molecule has 3 aromatic rings. The summed E-state index contributed by atoms with van der Waals surface area (Å²) in [5, 5.41) is 5.67. The molecule has 0 radical (unpaired) electrons. The Balaban J connectivity index is 1.42. The number of aryl methyl sites for hydroxylation is 2. The summed E-state index contributed by atoms with van der Waals surface area (Å²) < 4.78 is 5.25. The zero-order valence-electron chi connectivity index (χ0n) is 21.0. The topological polar surface area (TPSA) is 102 Å². The third-order valence-electron chi connectivity index (χ3n) is 6.50. The van der Waals surface area contributed by atoms with E-state index in [2.05, 4.69) is 10.6 Å². The van der Waals surface area contributed by atoms with Crippen molar-refractivity contribution >= 4 is 29.3 Å². The van der Waals surface area contributed by atoms with Gasteiger partial charge in [-0.15, -0.1) is 0 Å². The molecule has 0 aliphatic heterocycles. The number of benzene rings is 3. The number of hydrogen-bond donors (Lipinski definition) is 2. The van der Waals surface area contributed by atoms with Crippen LogP contribution in [0.2, 0.25) is 0 Å². The highest BCUT2D eigenvalue weighted by atomic mass is 16.5. The summed E-state index contributed by atoms with van der Waals surface area (Å²) in [4.78, 5) is 51.4. The minimum Gasteiger partial charge on any atom is -0.452 e. The van der Waals surface area contributed by atoms with Crippen LogP contribution in [0.15, 0.2) is 66.7 Å². The standard InChI is InChI=1S/C30H30N2O5/c1-19-15-16-20(2)25(17-19)28(34)22-11-5-6-12-23(22)30(36)37-18-27(33)32-26-14-8-7-13-24(26)29(35)31-21-9-3-4-10-21/h5-8,11-17,21H,3-4,9-10,18H2,1-2H3,(H,31,35)(H,32,33). The molecular formula is C30H30N2O5. The fourth-order valence-corrected chi connectivity index (χ4v) is 4.50. The lowest BCUT2D eigenvalue weighted by Gasteiger charge is -2.15. The van der Waals surface area contributed by atoms with Gasteiger partial charge in [-0.05, 0) is 56.5 Å². The summed E-state index contributed by atoms with van der Waals surface area (Å²) in [7, 11) is 0. The summed E-state index contributed by atoms with van der Waals surface area (Å²) in [5.74, 6) is -1.91. The Bertz CT molecular complexity index is 1340. The van der Waals surface area contributed by atoms with Gasteiger partial charge in [-0.1, -0.05) is 60.9 Å². The first-order chi connectivity index (χ1) is 17.8. The van der Waals surface area contributed by atoms with E-state index >= 15 is 0 Å². The first-order valence-corrected chi connectivity index (χ1v) is 12.4. The molecule has 1 aliphatic carbocycles. The Hall–Kier alpha value is -4.26. The van der Waals surface area contributed by atoms with Gasteiger partial charge in [0.2, 0.25) is 0 Å². The van der Waals surface area contributed by atoms with Gasteiger partial charge in [-0.3, -0.25) is 14.4 Å². The quantitative estimate of drug-likeness (QED) is 0.336. The maximum atomic E-state index is 13.2. The van der Waals surface area contributed by atoms with Crippen molar-refractivity contribution in [3.8, 4) is 0 Å². The van der Waals surface area contributed by atoms with Crippen LogP contribution in [0.1, 0.15) is 73.4 Å². The van der Waals surface area contributed by atoms with E-state index in [0.717, 1.165) is 36.8 Å². The molecule has 1 aliphatic rings. The van der Waals surface area contributed by atoms with E-state index in [1.807, 2.05) is 26.0 Å². The van der Waals surface area contributed by atoms with Crippen molar-refractivity contribution in [2.24, 2.45) is 0 Å². The van der Waals surface area contributed by atoms with Crippen LogP contribution in [0.4, 0.5) is 5.69 Å². The molecule has 1 fully saturated rings. The fraction of sp³-hybridized carbons (Fsp3) is 0.267. The molecule has 4 rings (SSSR count). The van der Waals surface area contributed by atoms with Crippen molar-refractivity contribution in [1.29, 1.82) is 0 Å². The molecule has 2 N–H and O–H groups in total. The smallest absolute Gasteiger partial charge is 0.339 e. The van der Waals surface area contributed by atoms with Crippen LogP contribution < -0.4 is 10.6 Å². The highest BCUT2D eigenvalue weighted by Crippen LogP contribution is 2.21. The van der Waals surface area contributed by atoms with Crippen LogP contribution in [-0.4, -0.2) is 36.2 Å². The van der Waals surface area contributed by atoms with E-state index in [-0.39, 0.29) is 28.9 Å². The van der Waals surface area contributed by atoms with E-state index in [0.29, 0.717) is 16.8 Å². The Morgan fingerprint density at radius 3 is 2.19 bits per heavy atom. The molecule has 3 aromatic carbocycles. The fourth-order valence-electron chi connectivity index (χ4n) is 4.50. The third-order valence-corrected chi connectivity index (χ3v) is 6.50. The largest absolute Gasteiger partial charge is 0.452 e. The number of carbonyl (C=O) groups excluding carboxylic acids is 4. The highest BCUT2D eigenvalue weighted by molar-refractivity contribution is 6.15. The number of carbonyl (C=O) groups is 4. The second kappa shape index (κ2) is 11.6. The van der Waals surface area contributed by atoms with E-state index < -0.39 is 18.5 Å². The van der Waals surface area contributed by atoms with Crippen molar-refractivity contribution in [2.75, 3.05) is 11.9 Å². The first kappa shape index (κ1) is 25.8. The predicted octanol–water partition coefficient (Wildman–Crippen LogP) is 5.00. The van der Waals surface area contributed by atoms with Crippen LogP contribution >= 0.6 is 0 Å². The van der Waals surface area contributed by atoms with Crippen molar-refractivity contribution in [3.63, 3.8) is 0 Å². The van der Waals surface area contributed by atoms with Gasteiger partial charge in [-0.25, -0.2) is 4.79 Å². The van der Waals surface area contributed by atoms with Crippen LogP contribution in [-0.2, 0) is 9.53 Å². The highest BCUT2D eigenvalue weighted by Gasteiger charge is 2.22. The molecule has 190 valence electrons. The van der Waals surface area contributed by atoms with Crippen molar-refractivity contribution in [1.82, 2.24) is 5.32 Å². The molecule has 0 spiro atoms. The molecule has 7 nitrogen and oxygen atoms in total. The minimum atomic E-state index is -0.781. The number of anilines is 1. The second-order valence-corrected chi connectivity index (χ2v) is 9.32. The monoisotopic (exact) mass is 498 g/mol. The van der Waals surface area contributed by atoms with Gasteiger partial charge in [0.05, 0.1) is 16.8 Å². The Morgan fingerprint density at radius 2 is 1.46 bits per heavy atom. The van der Waals surface area contributed by atoms with Gasteiger partial charge in [0.25, 0.3) is 11.8 Å². The van der Waals surface area contributed by atoms with E-state index in [4.69, 9.17) is 4.74 Å². The number of ether oxygens (including phenoxy) is 1. The third kappa shape index (κ3) is 6.30. The second-order valence-electron chi connectivity index (χ2n) is 9.32. The summed E-state index contributed by atoms with van der Waals surface area (Å²) in [6, 6.07) is 18.8. The van der Waals surface area contributed by atoms with Gasteiger partial charge in [0, 0.05) is 17.2 Å². The first-order valence-electron chi connectivity index (χ1n) is 12.4. The van der Waals surface area contributed by atoms with E-state index in [1.54, 1.807) is 48.5 Å². The number of hydrogen-bond acceptors (Lipinski definition) is 5. The lowest BCUT2D eigenvalue weighted by Crippen LogP contribution is -2.33. The molecule has 37 heavy (non-hydrogen) atoms. The maximum Gasteiger partial charge on any atom is 0.339 e. The average Bonchev–Trinajstić information content (AvgIpc) is 3.41. The SMILES string of the molecule is Cc1ccc(C)c(C(=O)c2ccccc2C(=O)OCC(=O)Nc2ccccc2C(=O)NC2CCCC2)c1. The van der Waals surface area contributed by atoms with Crippen molar-refractivity contribution in [2.45, 2.75) is 45.6 Å². The number of amides is 2. The van der Waals surface area contributed by atoms with Crippen LogP contribution in [0.25, 0.3) is 0 Å². The lowest BCUT2D eigenvalue weighted by atomic mass is 9.94. The summed E-state index contributed by atoms with van der Waals surface area (Å²) in [5.41, 5.74) is 3.21.